The third-order valence-corrected chi connectivity index (χ3v) is 3.76. The molecule has 0 saturated heterocycles. The van der Waals surface area contributed by atoms with Gasteiger partial charge in [0.1, 0.15) is 0 Å². The Morgan fingerprint density at radius 1 is 0.882 bits per heavy atom. The fraction of sp³-hybridized carbons (Fsp3) is 0.200. The van der Waals surface area contributed by atoms with Gasteiger partial charge in [0.25, 0.3) is 0 Å². The molecule has 0 spiro atoms. The molecule has 2 heteroatoms. The third kappa shape index (κ3) is 4.13. The lowest BCUT2D eigenvalue weighted by atomic mass is 10.1. The van der Waals surface area contributed by atoms with Gasteiger partial charge in [-0.3, -0.25) is 0 Å². The Bertz CT molecular complexity index is 453. The van der Waals surface area contributed by atoms with Crippen molar-refractivity contribution in [2.75, 3.05) is 6.54 Å². The third-order valence-electron chi connectivity index (χ3n) is 2.71. The lowest BCUT2D eigenvalue weighted by molar-refractivity contribution is 0.685. The van der Waals surface area contributed by atoms with E-state index in [0.29, 0.717) is 0 Å². The van der Waals surface area contributed by atoms with Gasteiger partial charge in [-0.25, -0.2) is 0 Å². The molecular formula is C15H16IN. The minimum absolute atomic E-state index is 0.950. The second kappa shape index (κ2) is 6.77. The monoisotopic (exact) mass is 337 g/mol. The van der Waals surface area contributed by atoms with Crippen LogP contribution in [-0.2, 0) is 13.0 Å². The first kappa shape index (κ1) is 12.6. The molecule has 0 aliphatic rings. The van der Waals surface area contributed by atoms with E-state index in [2.05, 4.69) is 82.5 Å². The van der Waals surface area contributed by atoms with E-state index in [4.69, 9.17) is 0 Å². The highest BCUT2D eigenvalue weighted by Gasteiger charge is 1.97. The Hall–Kier alpha value is -0.870. The molecule has 17 heavy (non-hydrogen) atoms. The summed E-state index contributed by atoms with van der Waals surface area (Å²) in [5.41, 5.74) is 2.77. The Labute approximate surface area is 116 Å². The van der Waals surface area contributed by atoms with Gasteiger partial charge in [0.2, 0.25) is 0 Å². The summed E-state index contributed by atoms with van der Waals surface area (Å²) < 4.78 is 1.33. The Morgan fingerprint density at radius 2 is 1.59 bits per heavy atom. The van der Waals surface area contributed by atoms with E-state index in [-0.39, 0.29) is 0 Å². The average Bonchev–Trinajstić information content (AvgIpc) is 2.38. The first-order valence-electron chi connectivity index (χ1n) is 5.84. The predicted octanol–water partition coefficient (Wildman–Crippen LogP) is 3.62. The molecule has 0 aliphatic heterocycles. The van der Waals surface area contributed by atoms with Crippen molar-refractivity contribution in [3.05, 3.63) is 69.3 Å². The number of hydrogen-bond donors (Lipinski definition) is 1. The Kier molecular flexibility index (Phi) is 5.01. The fourth-order valence-electron chi connectivity index (χ4n) is 1.74. The zero-order valence-electron chi connectivity index (χ0n) is 9.70. The molecule has 2 rings (SSSR count). The average molecular weight is 337 g/mol. The van der Waals surface area contributed by atoms with Crippen molar-refractivity contribution in [2.24, 2.45) is 0 Å². The van der Waals surface area contributed by atoms with Gasteiger partial charge in [0.15, 0.2) is 0 Å². The van der Waals surface area contributed by atoms with Crippen LogP contribution in [0.3, 0.4) is 0 Å². The first-order valence-corrected chi connectivity index (χ1v) is 6.92. The molecule has 0 saturated carbocycles. The number of rotatable bonds is 5. The lowest BCUT2D eigenvalue weighted by Crippen LogP contribution is -2.17. The second-order valence-corrected chi connectivity index (χ2v) is 5.17. The van der Waals surface area contributed by atoms with Gasteiger partial charge in [-0.15, -0.1) is 0 Å². The van der Waals surface area contributed by atoms with Crippen LogP contribution in [0.1, 0.15) is 11.1 Å². The molecule has 0 radical (unpaired) electrons. The maximum absolute atomic E-state index is 3.49. The highest BCUT2D eigenvalue weighted by Crippen LogP contribution is 2.10. The van der Waals surface area contributed by atoms with E-state index in [0.717, 1.165) is 19.5 Å². The molecule has 1 N–H and O–H groups in total. The molecule has 0 heterocycles. The van der Waals surface area contributed by atoms with Gasteiger partial charge in [-0.05, 0) is 52.7 Å². The second-order valence-electron chi connectivity index (χ2n) is 4.00. The molecule has 0 bridgehead atoms. The SMILES string of the molecule is Ic1ccccc1CNCCc1ccccc1. The van der Waals surface area contributed by atoms with Gasteiger partial charge in [0, 0.05) is 10.1 Å². The van der Waals surface area contributed by atoms with Crippen LogP contribution in [0.25, 0.3) is 0 Å². The first-order chi connectivity index (χ1) is 8.36. The highest BCUT2D eigenvalue weighted by atomic mass is 127. The molecule has 2 aromatic rings. The molecule has 0 amide bonds. The quantitative estimate of drug-likeness (QED) is 0.649. The van der Waals surface area contributed by atoms with Crippen LogP contribution in [-0.4, -0.2) is 6.54 Å². The van der Waals surface area contributed by atoms with Crippen molar-refractivity contribution in [3.8, 4) is 0 Å². The smallest absolute Gasteiger partial charge is 0.0216 e. The topological polar surface area (TPSA) is 12.0 Å². The summed E-state index contributed by atoms with van der Waals surface area (Å²) in [5, 5.41) is 3.49. The summed E-state index contributed by atoms with van der Waals surface area (Å²) in [6.07, 6.45) is 1.09. The van der Waals surface area contributed by atoms with E-state index < -0.39 is 0 Å². The van der Waals surface area contributed by atoms with Gasteiger partial charge < -0.3 is 5.32 Å². The number of hydrogen-bond acceptors (Lipinski definition) is 1. The molecule has 0 fully saturated rings. The lowest BCUT2D eigenvalue weighted by Gasteiger charge is -2.06. The maximum atomic E-state index is 3.49. The molecule has 0 aromatic heterocycles. The number of benzene rings is 2. The van der Waals surface area contributed by atoms with Crippen molar-refractivity contribution >= 4 is 22.6 Å². The summed E-state index contributed by atoms with van der Waals surface area (Å²) in [6, 6.07) is 19.1. The van der Waals surface area contributed by atoms with Gasteiger partial charge in [0.05, 0.1) is 0 Å². The minimum atomic E-state index is 0.950. The van der Waals surface area contributed by atoms with E-state index in [1.807, 2.05) is 0 Å². The molecule has 2 aromatic carbocycles. The number of halogens is 1. The van der Waals surface area contributed by atoms with E-state index >= 15 is 0 Å². The summed E-state index contributed by atoms with van der Waals surface area (Å²) >= 11 is 2.38. The molecule has 1 nitrogen and oxygen atoms in total. The Balaban J connectivity index is 1.76. The number of nitrogens with one attached hydrogen (secondary N) is 1. The van der Waals surface area contributed by atoms with Crippen LogP contribution in [0.5, 0.6) is 0 Å². The summed E-state index contributed by atoms with van der Waals surface area (Å²) in [7, 11) is 0. The van der Waals surface area contributed by atoms with Gasteiger partial charge in [-0.2, -0.15) is 0 Å². The summed E-state index contributed by atoms with van der Waals surface area (Å²) in [4.78, 5) is 0. The Morgan fingerprint density at radius 3 is 2.35 bits per heavy atom. The van der Waals surface area contributed by atoms with Crippen LogP contribution in [0.15, 0.2) is 54.6 Å². The minimum Gasteiger partial charge on any atom is -0.312 e. The standard InChI is InChI=1S/C15H16IN/c16-15-9-5-4-8-14(15)12-17-11-10-13-6-2-1-3-7-13/h1-9,17H,10-12H2. The van der Waals surface area contributed by atoms with E-state index in [9.17, 15) is 0 Å². The molecule has 0 unspecified atom stereocenters. The molecule has 0 aliphatic carbocycles. The zero-order chi connectivity index (χ0) is 11.9. The predicted molar refractivity (Wildman–Crippen MR) is 81.0 cm³/mol. The van der Waals surface area contributed by atoms with Crippen LogP contribution in [0.4, 0.5) is 0 Å². The molecule has 0 atom stereocenters. The van der Waals surface area contributed by atoms with Crippen molar-refractivity contribution < 1.29 is 0 Å². The van der Waals surface area contributed by atoms with Crippen molar-refractivity contribution in [2.45, 2.75) is 13.0 Å². The van der Waals surface area contributed by atoms with Crippen LogP contribution in [0, 0.1) is 3.57 Å². The maximum Gasteiger partial charge on any atom is 0.0216 e. The van der Waals surface area contributed by atoms with E-state index in [1.165, 1.54) is 14.7 Å². The normalized spacial score (nSPS) is 10.4. The zero-order valence-corrected chi connectivity index (χ0v) is 11.9. The van der Waals surface area contributed by atoms with Crippen LogP contribution >= 0.6 is 22.6 Å². The van der Waals surface area contributed by atoms with E-state index in [1.54, 1.807) is 0 Å². The summed E-state index contributed by atoms with van der Waals surface area (Å²) in [6.45, 7) is 1.97. The summed E-state index contributed by atoms with van der Waals surface area (Å²) in [5.74, 6) is 0. The molecule has 88 valence electrons. The highest BCUT2D eigenvalue weighted by molar-refractivity contribution is 14.1. The van der Waals surface area contributed by atoms with Crippen molar-refractivity contribution in [1.82, 2.24) is 5.32 Å². The fourth-order valence-corrected chi connectivity index (χ4v) is 2.32. The van der Waals surface area contributed by atoms with Crippen LogP contribution in [0.2, 0.25) is 0 Å². The van der Waals surface area contributed by atoms with Crippen LogP contribution < -0.4 is 5.32 Å². The van der Waals surface area contributed by atoms with Crippen molar-refractivity contribution in [1.29, 1.82) is 0 Å². The van der Waals surface area contributed by atoms with Gasteiger partial charge >= 0.3 is 0 Å². The van der Waals surface area contributed by atoms with Crippen molar-refractivity contribution in [3.63, 3.8) is 0 Å². The molecular weight excluding hydrogens is 321 g/mol. The largest absolute Gasteiger partial charge is 0.312 e. The van der Waals surface area contributed by atoms with Gasteiger partial charge in [-0.1, -0.05) is 48.5 Å².